The molecule has 16 heavy (non-hydrogen) atoms. The van der Waals surface area contributed by atoms with Crippen molar-refractivity contribution in [3.05, 3.63) is 29.6 Å². The molecule has 3 N–H and O–H groups in total. The lowest BCUT2D eigenvalue weighted by molar-refractivity contribution is -0.138. The largest absolute Gasteiger partial charge is 0.481 e. The van der Waals surface area contributed by atoms with Crippen LogP contribution in [0.3, 0.4) is 0 Å². The molecular formula is C9H9ClN4O2. The number of rotatable bonds is 3. The van der Waals surface area contributed by atoms with Gasteiger partial charge in [-0.2, -0.15) is 0 Å². The lowest BCUT2D eigenvalue weighted by atomic mass is 10.1. The molecule has 2 heterocycles. The molecule has 0 aliphatic carbocycles. The average molecular weight is 241 g/mol. The molecule has 0 bridgehead atoms. The van der Waals surface area contributed by atoms with Gasteiger partial charge < -0.3 is 10.8 Å². The Bertz CT molecular complexity index is 539. The van der Waals surface area contributed by atoms with Crippen LogP contribution in [0.2, 0.25) is 5.28 Å². The summed E-state index contributed by atoms with van der Waals surface area (Å²) < 4.78 is 1.56. The molecule has 6 nitrogen and oxygen atoms in total. The van der Waals surface area contributed by atoms with E-state index in [1.165, 1.54) is 6.20 Å². The fourth-order valence-corrected chi connectivity index (χ4v) is 1.75. The Morgan fingerprint density at radius 2 is 2.44 bits per heavy atom. The summed E-state index contributed by atoms with van der Waals surface area (Å²) in [5.74, 6) is -1.89. The lowest BCUT2D eigenvalue weighted by Gasteiger charge is -2.06. The molecule has 7 heteroatoms. The van der Waals surface area contributed by atoms with Gasteiger partial charge in [0.1, 0.15) is 5.92 Å². The zero-order valence-electron chi connectivity index (χ0n) is 8.17. The van der Waals surface area contributed by atoms with Crippen molar-refractivity contribution in [1.82, 2.24) is 14.4 Å². The first-order valence-corrected chi connectivity index (χ1v) is 4.93. The number of halogens is 1. The van der Waals surface area contributed by atoms with Gasteiger partial charge in [-0.1, -0.05) is 0 Å². The lowest BCUT2D eigenvalue weighted by Crippen LogP contribution is -2.21. The quantitative estimate of drug-likeness (QED) is 0.815. The van der Waals surface area contributed by atoms with Gasteiger partial charge in [0.15, 0.2) is 0 Å². The van der Waals surface area contributed by atoms with E-state index in [0.717, 1.165) is 0 Å². The molecule has 1 unspecified atom stereocenters. The molecule has 0 spiro atoms. The van der Waals surface area contributed by atoms with Crippen LogP contribution in [0.4, 0.5) is 0 Å². The van der Waals surface area contributed by atoms with Gasteiger partial charge in [-0.15, -0.1) is 0 Å². The molecule has 0 amide bonds. The molecule has 0 radical (unpaired) electrons. The predicted molar refractivity (Wildman–Crippen MR) is 57.4 cm³/mol. The van der Waals surface area contributed by atoms with Gasteiger partial charge in [0.2, 0.25) is 5.28 Å². The number of nitrogens with two attached hydrogens (primary N) is 1. The number of aliphatic carboxylic acids is 1. The van der Waals surface area contributed by atoms with E-state index in [0.29, 0.717) is 11.2 Å². The third kappa shape index (κ3) is 1.62. The number of imidazole rings is 1. The predicted octanol–water partition coefficient (Wildman–Crippen LogP) is 0.510. The highest BCUT2D eigenvalue weighted by atomic mass is 35.5. The van der Waals surface area contributed by atoms with Crippen LogP contribution in [0.1, 0.15) is 11.6 Å². The normalized spacial score (nSPS) is 12.9. The van der Waals surface area contributed by atoms with Gasteiger partial charge in [0, 0.05) is 18.9 Å². The van der Waals surface area contributed by atoms with Gasteiger partial charge in [0.25, 0.3) is 0 Å². The molecule has 2 rings (SSSR count). The van der Waals surface area contributed by atoms with E-state index in [2.05, 4.69) is 9.97 Å². The summed E-state index contributed by atoms with van der Waals surface area (Å²) in [7, 11) is 0. The summed E-state index contributed by atoms with van der Waals surface area (Å²) >= 11 is 5.87. The number of hydrogen-bond acceptors (Lipinski definition) is 4. The van der Waals surface area contributed by atoms with E-state index in [1.54, 1.807) is 16.8 Å². The van der Waals surface area contributed by atoms with E-state index in [1.807, 2.05) is 0 Å². The minimum atomic E-state index is -1.02. The topological polar surface area (TPSA) is 93.5 Å². The number of carboxylic acid groups (broad SMARTS) is 1. The highest BCUT2D eigenvalue weighted by Crippen LogP contribution is 2.22. The highest BCUT2D eigenvalue weighted by Gasteiger charge is 2.24. The van der Waals surface area contributed by atoms with Crippen molar-refractivity contribution in [3.63, 3.8) is 0 Å². The number of aromatic nitrogens is 3. The van der Waals surface area contributed by atoms with Crippen molar-refractivity contribution >= 4 is 23.1 Å². The van der Waals surface area contributed by atoms with E-state index in [-0.39, 0.29) is 11.8 Å². The van der Waals surface area contributed by atoms with E-state index >= 15 is 0 Å². The van der Waals surface area contributed by atoms with E-state index in [4.69, 9.17) is 22.4 Å². The van der Waals surface area contributed by atoms with Crippen LogP contribution in [-0.4, -0.2) is 32.0 Å². The molecule has 0 saturated heterocycles. The zero-order chi connectivity index (χ0) is 11.7. The molecule has 0 aliphatic heterocycles. The summed E-state index contributed by atoms with van der Waals surface area (Å²) in [5, 5.41) is 9.20. The smallest absolute Gasteiger partial charge is 0.313 e. The standard InChI is InChI=1S/C9H9ClN4O2/c10-9-13-7(5(3-11)8(15)16)6-4-12-1-2-14(6)9/h1-2,4-5H,3,11H2,(H,15,16). The number of carbonyl (C=O) groups is 1. The third-order valence-electron chi connectivity index (χ3n) is 2.30. The Morgan fingerprint density at radius 3 is 3.06 bits per heavy atom. The second-order valence-corrected chi connectivity index (χ2v) is 3.56. The number of hydrogen-bond donors (Lipinski definition) is 2. The average Bonchev–Trinajstić information content (AvgIpc) is 2.58. The summed E-state index contributed by atoms with van der Waals surface area (Å²) in [6.45, 7) is -0.0345. The summed E-state index contributed by atoms with van der Waals surface area (Å²) in [5.41, 5.74) is 6.31. The molecular weight excluding hydrogens is 232 g/mol. The van der Waals surface area contributed by atoms with Gasteiger partial charge in [-0.3, -0.25) is 14.2 Å². The van der Waals surface area contributed by atoms with Crippen molar-refractivity contribution in [1.29, 1.82) is 0 Å². The number of fused-ring (bicyclic) bond motifs is 1. The maximum absolute atomic E-state index is 11.0. The molecule has 0 aliphatic rings. The Balaban J connectivity index is 2.64. The van der Waals surface area contributed by atoms with Crippen LogP contribution in [0, 0.1) is 0 Å². The van der Waals surface area contributed by atoms with Crippen LogP contribution >= 0.6 is 11.6 Å². The monoisotopic (exact) mass is 240 g/mol. The Kier molecular flexibility index (Phi) is 2.76. The summed E-state index contributed by atoms with van der Waals surface area (Å²) in [6, 6.07) is 0. The zero-order valence-corrected chi connectivity index (χ0v) is 8.92. The Hall–Kier alpha value is -1.66. The van der Waals surface area contributed by atoms with Crippen LogP contribution < -0.4 is 5.73 Å². The van der Waals surface area contributed by atoms with Crippen molar-refractivity contribution in [2.24, 2.45) is 5.73 Å². The van der Waals surface area contributed by atoms with Crippen molar-refractivity contribution in [3.8, 4) is 0 Å². The van der Waals surface area contributed by atoms with Gasteiger partial charge in [-0.05, 0) is 11.6 Å². The van der Waals surface area contributed by atoms with Crippen molar-refractivity contribution < 1.29 is 9.90 Å². The second kappa shape index (κ2) is 4.07. The second-order valence-electron chi connectivity index (χ2n) is 3.22. The van der Waals surface area contributed by atoms with E-state index < -0.39 is 11.9 Å². The Morgan fingerprint density at radius 1 is 1.69 bits per heavy atom. The van der Waals surface area contributed by atoms with Crippen LogP contribution in [0.25, 0.3) is 5.52 Å². The number of nitrogens with zero attached hydrogens (tertiary/aromatic N) is 3. The molecule has 0 fully saturated rings. The summed E-state index contributed by atoms with van der Waals surface area (Å²) in [4.78, 5) is 18.9. The van der Waals surface area contributed by atoms with Gasteiger partial charge in [0.05, 0.1) is 17.4 Å². The van der Waals surface area contributed by atoms with Crippen LogP contribution in [-0.2, 0) is 4.79 Å². The van der Waals surface area contributed by atoms with Gasteiger partial charge >= 0.3 is 5.97 Å². The van der Waals surface area contributed by atoms with Crippen LogP contribution in [0.15, 0.2) is 18.6 Å². The molecule has 2 aromatic heterocycles. The molecule has 1 atom stereocenters. The van der Waals surface area contributed by atoms with Crippen molar-refractivity contribution in [2.45, 2.75) is 5.92 Å². The fraction of sp³-hybridized carbons (Fsp3) is 0.222. The SMILES string of the molecule is NCC(C(=O)O)c1nc(Cl)n2ccncc12. The van der Waals surface area contributed by atoms with E-state index in [9.17, 15) is 4.79 Å². The first kappa shape index (κ1) is 10.8. The Labute approximate surface area is 95.7 Å². The highest BCUT2D eigenvalue weighted by molar-refractivity contribution is 6.28. The maximum atomic E-state index is 11.0. The number of carboxylic acids is 1. The van der Waals surface area contributed by atoms with Gasteiger partial charge in [-0.25, -0.2) is 4.98 Å². The summed E-state index contributed by atoms with van der Waals surface area (Å²) in [6.07, 6.45) is 4.67. The molecule has 84 valence electrons. The third-order valence-corrected chi connectivity index (χ3v) is 2.56. The van der Waals surface area contributed by atoms with Crippen LogP contribution in [0.5, 0.6) is 0 Å². The fourth-order valence-electron chi connectivity index (χ4n) is 1.51. The molecule has 0 aromatic carbocycles. The first-order chi connectivity index (χ1) is 7.65. The molecule has 0 saturated carbocycles. The first-order valence-electron chi connectivity index (χ1n) is 4.55. The molecule has 2 aromatic rings. The minimum Gasteiger partial charge on any atom is -0.481 e. The minimum absolute atomic E-state index is 0.0345. The maximum Gasteiger partial charge on any atom is 0.313 e. The van der Waals surface area contributed by atoms with Crippen molar-refractivity contribution in [2.75, 3.05) is 6.54 Å².